The molecule has 0 aromatic heterocycles. The topological polar surface area (TPSA) is 35.2 Å². The first-order valence-corrected chi connectivity index (χ1v) is 5.22. The highest BCUT2D eigenvalue weighted by molar-refractivity contribution is 4.98. The van der Waals surface area contributed by atoms with E-state index in [1.165, 1.54) is 32.1 Å². The zero-order valence-electron chi connectivity index (χ0n) is 7.41. The molecule has 0 saturated heterocycles. The lowest BCUT2D eigenvalue weighted by atomic mass is 9.55. The molecule has 4 aliphatic carbocycles. The highest BCUT2D eigenvalue weighted by Crippen LogP contribution is 2.54. The zero-order valence-corrected chi connectivity index (χ0v) is 7.41. The van der Waals surface area contributed by atoms with Crippen LogP contribution in [0.1, 0.15) is 32.1 Å². The summed E-state index contributed by atoms with van der Waals surface area (Å²) >= 11 is 0. The molecule has 4 fully saturated rings. The Bertz CT molecular complexity index is 164. The second kappa shape index (κ2) is 2.46. The van der Waals surface area contributed by atoms with Gasteiger partial charge in [-0.3, -0.25) is 0 Å². The second-order valence-corrected chi connectivity index (χ2v) is 5.03. The van der Waals surface area contributed by atoms with Crippen molar-refractivity contribution in [1.82, 2.24) is 0 Å². The van der Waals surface area contributed by atoms with Crippen LogP contribution in [0.15, 0.2) is 0 Å². The van der Waals surface area contributed by atoms with Crippen LogP contribution in [0.4, 0.5) is 0 Å². The molecular weight excluding hydrogens is 150 g/mol. The molecule has 0 aromatic rings. The average Bonchev–Trinajstić information content (AvgIpc) is 2.02. The van der Waals surface area contributed by atoms with Crippen molar-refractivity contribution >= 4 is 0 Å². The summed E-state index contributed by atoms with van der Waals surface area (Å²) in [6.45, 7) is 0. The first-order valence-electron chi connectivity index (χ1n) is 5.22. The van der Waals surface area contributed by atoms with Crippen LogP contribution in [0, 0.1) is 23.7 Å². The van der Waals surface area contributed by atoms with Crippen LogP contribution in [-0.4, -0.2) is 6.10 Å². The van der Waals surface area contributed by atoms with E-state index in [0.29, 0.717) is 6.10 Å². The lowest BCUT2D eigenvalue weighted by Gasteiger charge is -2.53. The van der Waals surface area contributed by atoms with Crippen LogP contribution >= 0.6 is 0 Å². The fraction of sp³-hybridized carbons (Fsp3) is 1.00. The third-order valence-electron chi connectivity index (χ3n) is 4.30. The highest BCUT2D eigenvalue weighted by atomic mass is 16.6. The molecule has 4 rings (SSSR count). The van der Waals surface area contributed by atoms with E-state index in [4.69, 9.17) is 10.7 Å². The normalized spacial score (nSPS) is 56.2. The lowest BCUT2D eigenvalue weighted by molar-refractivity contribution is -0.128. The van der Waals surface area contributed by atoms with Gasteiger partial charge < -0.3 is 4.84 Å². The smallest absolute Gasteiger partial charge is 0.0843 e. The Morgan fingerprint density at radius 1 is 0.833 bits per heavy atom. The molecule has 12 heavy (non-hydrogen) atoms. The summed E-state index contributed by atoms with van der Waals surface area (Å²) in [5.74, 6) is 9.03. The summed E-state index contributed by atoms with van der Waals surface area (Å²) in [6.07, 6.45) is 7.51. The molecule has 2 nitrogen and oxygen atoms in total. The van der Waals surface area contributed by atoms with Gasteiger partial charge in [-0.2, -0.15) is 0 Å². The monoisotopic (exact) mass is 167 g/mol. The Balaban J connectivity index is 1.86. The van der Waals surface area contributed by atoms with Gasteiger partial charge in [0.1, 0.15) is 0 Å². The van der Waals surface area contributed by atoms with Crippen molar-refractivity contribution < 1.29 is 4.84 Å². The van der Waals surface area contributed by atoms with Gasteiger partial charge in [0.05, 0.1) is 6.10 Å². The summed E-state index contributed by atoms with van der Waals surface area (Å²) in [5, 5.41) is 0. The van der Waals surface area contributed by atoms with E-state index in [2.05, 4.69) is 0 Å². The Morgan fingerprint density at radius 3 is 1.75 bits per heavy atom. The molecule has 0 radical (unpaired) electrons. The minimum absolute atomic E-state index is 0.415. The molecule has 0 spiro atoms. The summed E-state index contributed by atoms with van der Waals surface area (Å²) in [4.78, 5) is 5.13. The Hall–Kier alpha value is -0.0800. The van der Waals surface area contributed by atoms with Crippen molar-refractivity contribution in [2.24, 2.45) is 29.6 Å². The second-order valence-electron chi connectivity index (χ2n) is 5.03. The minimum atomic E-state index is 0.415. The zero-order chi connectivity index (χ0) is 8.13. The Labute approximate surface area is 73.4 Å². The molecule has 0 heterocycles. The van der Waals surface area contributed by atoms with E-state index >= 15 is 0 Å². The minimum Gasteiger partial charge on any atom is -0.301 e. The number of hydrogen-bond donors (Lipinski definition) is 1. The van der Waals surface area contributed by atoms with Crippen molar-refractivity contribution in [3.05, 3.63) is 0 Å². The van der Waals surface area contributed by atoms with Gasteiger partial charge in [-0.1, -0.05) is 0 Å². The van der Waals surface area contributed by atoms with Crippen molar-refractivity contribution in [2.45, 2.75) is 38.2 Å². The SMILES string of the molecule is NOC1C2CC3CC(C2)CC1C3. The Morgan fingerprint density at radius 2 is 1.33 bits per heavy atom. The van der Waals surface area contributed by atoms with E-state index in [1.807, 2.05) is 0 Å². The van der Waals surface area contributed by atoms with Crippen LogP contribution < -0.4 is 5.90 Å². The molecule has 68 valence electrons. The first kappa shape index (κ1) is 7.34. The molecule has 0 amide bonds. The molecule has 0 atom stereocenters. The molecule has 0 aromatic carbocycles. The van der Waals surface area contributed by atoms with E-state index in [0.717, 1.165) is 23.7 Å². The summed E-state index contributed by atoms with van der Waals surface area (Å²) in [6, 6.07) is 0. The molecule has 4 aliphatic rings. The molecule has 4 saturated carbocycles. The average molecular weight is 167 g/mol. The molecule has 2 N–H and O–H groups in total. The van der Waals surface area contributed by atoms with Crippen molar-refractivity contribution in [3.63, 3.8) is 0 Å². The fourth-order valence-electron chi connectivity index (χ4n) is 4.10. The molecule has 2 heteroatoms. The summed E-state index contributed by atoms with van der Waals surface area (Å²) in [5.41, 5.74) is 0. The predicted octanol–water partition coefficient (Wildman–Crippen LogP) is 1.70. The molecule has 0 aliphatic heterocycles. The molecular formula is C10H17NO. The van der Waals surface area contributed by atoms with Gasteiger partial charge in [0.25, 0.3) is 0 Å². The molecule has 4 bridgehead atoms. The number of nitrogens with two attached hydrogens (primary N) is 1. The van der Waals surface area contributed by atoms with Crippen LogP contribution in [0.25, 0.3) is 0 Å². The number of rotatable bonds is 1. The van der Waals surface area contributed by atoms with Crippen molar-refractivity contribution in [1.29, 1.82) is 0 Å². The quantitative estimate of drug-likeness (QED) is 0.603. The summed E-state index contributed by atoms with van der Waals surface area (Å²) < 4.78 is 0. The van der Waals surface area contributed by atoms with Gasteiger partial charge in [-0.15, -0.1) is 0 Å². The van der Waals surface area contributed by atoms with Gasteiger partial charge in [0.2, 0.25) is 0 Å². The van der Waals surface area contributed by atoms with Gasteiger partial charge >= 0.3 is 0 Å². The highest BCUT2D eigenvalue weighted by Gasteiger charge is 2.48. The Kier molecular flexibility index (Phi) is 1.50. The van der Waals surface area contributed by atoms with E-state index < -0.39 is 0 Å². The largest absolute Gasteiger partial charge is 0.301 e. The van der Waals surface area contributed by atoms with Gasteiger partial charge in [-0.25, -0.2) is 5.90 Å². The maximum absolute atomic E-state index is 5.35. The van der Waals surface area contributed by atoms with Gasteiger partial charge in [0.15, 0.2) is 0 Å². The van der Waals surface area contributed by atoms with E-state index in [-0.39, 0.29) is 0 Å². The maximum Gasteiger partial charge on any atom is 0.0843 e. The maximum atomic E-state index is 5.35. The molecule has 0 unspecified atom stereocenters. The summed E-state index contributed by atoms with van der Waals surface area (Å²) in [7, 11) is 0. The van der Waals surface area contributed by atoms with E-state index in [1.54, 1.807) is 0 Å². The van der Waals surface area contributed by atoms with Crippen molar-refractivity contribution in [3.8, 4) is 0 Å². The fourth-order valence-corrected chi connectivity index (χ4v) is 4.10. The van der Waals surface area contributed by atoms with Crippen LogP contribution in [-0.2, 0) is 4.84 Å². The lowest BCUT2D eigenvalue weighted by Crippen LogP contribution is -2.50. The van der Waals surface area contributed by atoms with E-state index in [9.17, 15) is 0 Å². The van der Waals surface area contributed by atoms with Gasteiger partial charge in [-0.05, 0) is 55.8 Å². The standard InChI is InChI=1S/C10H17NO/c11-12-10-8-2-6-1-7(4-8)5-9(10)3-6/h6-10H,1-5,11H2. The third-order valence-corrected chi connectivity index (χ3v) is 4.30. The first-order chi connectivity index (χ1) is 5.86. The van der Waals surface area contributed by atoms with Gasteiger partial charge in [0, 0.05) is 0 Å². The van der Waals surface area contributed by atoms with Crippen LogP contribution in [0.3, 0.4) is 0 Å². The predicted molar refractivity (Wildman–Crippen MR) is 46.1 cm³/mol. The van der Waals surface area contributed by atoms with Crippen LogP contribution in [0.5, 0.6) is 0 Å². The van der Waals surface area contributed by atoms with Crippen molar-refractivity contribution in [2.75, 3.05) is 0 Å². The van der Waals surface area contributed by atoms with Crippen LogP contribution in [0.2, 0.25) is 0 Å². The third kappa shape index (κ3) is 0.882. The number of hydrogen-bond acceptors (Lipinski definition) is 2.